The third-order valence-electron chi connectivity index (χ3n) is 7.90. The van der Waals surface area contributed by atoms with E-state index in [1.165, 1.54) is 0 Å². The van der Waals surface area contributed by atoms with Crippen LogP contribution in [0.3, 0.4) is 0 Å². The summed E-state index contributed by atoms with van der Waals surface area (Å²) < 4.78 is 2.16. The van der Waals surface area contributed by atoms with Gasteiger partial charge in [0.1, 0.15) is 17.2 Å². The lowest BCUT2D eigenvalue weighted by Gasteiger charge is -2.39. The van der Waals surface area contributed by atoms with E-state index in [9.17, 15) is 4.79 Å². The normalized spacial score (nSPS) is 22.6. The highest BCUT2D eigenvalue weighted by molar-refractivity contribution is 5.99. The van der Waals surface area contributed by atoms with E-state index in [0.29, 0.717) is 30.0 Å². The molecule has 1 aliphatic carbocycles. The van der Waals surface area contributed by atoms with Crippen molar-refractivity contribution in [1.29, 1.82) is 0 Å². The molecule has 0 bridgehead atoms. The molecule has 36 heavy (non-hydrogen) atoms. The molecular formula is C27H34N8O. The van der Waals surface area contributed by atoms with Gasteiger partial charge in [-0.3, -0.25) is 9.69 Å². The second kappa shape index (κ2) is 9.20. The number of carbonyl (C=O) groups excluding carboxylic acids is 1. The maximum Gasteiger partial charge on any atom is 0.268 e. The van der Waals surface area contributed by atoms with Crippen LogP contribution in [0.25, 0.3) is 11.0 Å². The molecule has 3 aromatic heterocycles. The van der Waals surface area contributed by atoms with Crippen LogP contribution in [0.1, 0.15) is 50.0 Å². The van der Waals surface area contributed by atoms with E-state index in [4.69, 9.17) is 4.98 Å². The van der Waals surface area contributed by atoms with E-state index in [0.717, 1.165) is 68.6 Å². The fourth-order valence-corrected chi connectivity index (χ4v) is 5.80. The van der Waals surface area contributed by atoms with Gasteiger partial charge in [-0.2, -0.15) is 4.98 Å². The van der Waals surface area contributed by atoms with Gasteiger partial charge in [0.15, 0.2) is 0 Å². The number of rotatable bonds is 4. The van der Waals surface area contributed by atoms with Gasteiger partial charge in [-0.15, -0.1) is 0 Å². The number of carbonyl (C=O) groups is 1. The van der Waals surface area contributed by atoms with Gasteiger partial charge in [0.2, 0.25) is 5.95 Å². The molecule has 6 rings (SSSR count). The molecule has 1 saturated heterocycles. The zero-order valence-corrected chi connectivity index (χ0v) is 21.1. The van der Waals surface area contributed by atoms with Crippen molar-refractivity contribution in [1.82, 2.24) is 29.7 Å². The molecule has 2 N–H and O–H groups in total. The number of allylic oxidation sites excluding steroid dienone is 2. The second-order valence-electron chi connectivity index (χ2n) is 10.5. The molecule has 1 amide bonds. The number of nitrogens with zero attached hydrogens (tertiary/aromatic N) is 6. The molecule has 3 aliphatic rings. The van der Waals surface area contributed by atoms with Crippen LogP contribution in [0.15, 0.2) is 42.7 Å². The number of nitrogens with one attached hydrogen (secondary N) is 2. The SMILES string of the molecule is CC(C)N1CCN(c2ccc(Nc3ncc4cc5n(c4n3)C3(CC=CCCC3)CNC5=O)nc2)CC1. The topological polar surface area (TPSA) is 91.2 Å². The number of aromatic nitrogens is 4. The van der Waals surface area contributed by atoms with Crippen LogP contribution in [-0.4, -0.2) is 69.1 Å². The minimum atomic E-state index is -0.191. The molecule has 2 aliphatic heterocycles. The predicted octanol–water partition coefficient (Wildman–Crippen LogP) is 3.67. The molecule has 3 aromatic rings. The van der Waals surface area contributed by atoms with Crippen LogP contribution < -0.4 is 15.5 Å². The van der Waals surface area contributed by atoms with Gasteiger partial charge in [-0.1, -0.05) is 12.2 Å². The van der Waals surface area contributed by atoms with E-state index in [1.54, 1.807) is 6.20 Å². The Balaban J connectivity index is 1.25. The third-order valence-corrected chi connectivity index (χ3v) is 7.90. The minimum Gasteiger partial charge on any atom is -0.368 e. The monoisotopic (exact) mass is 486 g/mol. The Hall–Kier alpha value is -3.46. The Morgan fingerprint density at radius 1 is 1.08 bits per heavy atom. The molecule has 1 fully saturated rings. The van der Waals surface area contributed by atoms with Gasteiger partial charge in [-0.05, 0) is 57.7 Å². The number of piperazine rings is 1. The molecule has 0 aromatic carbocycles. The van der Waals surface area contributed by atoms with Gasteiger partial charge in [0.25, 0.3) is 5.91 Å². The lowest BCUT2D eigenvalue weighted by atomic mass is 9.88. The first-order valence-electron chi connectivity index (χ1n) is 13.1. The highest BCUT2D eigenvalue weighted by Crippen LogP contribution is 2.38. The first-order chi connectivity index (χ1) is 17.5. The average molecular weight is 487 g/mol. The van der Waals surface area contributed by atoms with Crippen LogP contribution >= 0.6 is 0 Å². The highest BCUT2D eigenvalue weighted by Gasteiger charge is 2.40. The average Bonchev–Trinajstić information content (AvgIpc) is 3.14. The Bertz CT molecular complexity index is 1290. The number of hydrogen-bond donors (Lipinski definition) is 2. The highest BCUT2D eigenvalue weighted by atomic mass is 16.2. The maximum atomic E-state index is 12.7. The van der Waals surface area contributed by atoms with E-state index >= 15 is 0 Å². The minimum absolute atomic E-state index is 0.0483. The first-order valence-corrected chi connectivity index (χ1v) is 13.1. The summed E-state index contributed by atoms with van der Waals surface area (Å²) in [6.45, 7) is 9.29. The fourth-order valence-electron chi connectivity index (χ4n) is 5.80. The third kappa shape index (κ3) is 4.11. The summed E-state index contributed by atoms with van der Waals surface area (Å²) in [5, 5.41) is 7.26. The quantitative estimate of drug-likeness (QED) is 0.544. The van der Waals surface area contributed by atoms with Crippen LogP contribution in [0.2, 0.25) is 0 Å². The summed E-state index contributed by atoms with van der Waals surface area (Å²) in [5.41, 5.74) is 2.41. The van der Waals surface area contributed by atoms with Crippen molar-refractivity contribution in [3.8, 4) is 0 Å². The van der Waals surface area contributed by atoms with Crippen molar-refractivity contribution >= 4 is 34.4 Å². The number of anilines is 3. The molecule has 1 unspecified atom stereocenters. The molecule has 1 spiro atoms. The summed E-state index contributed by atoms with van der Waals surface area (Å²) in [7, 11) is 0. The van der Waals surface area contributed by atoms with E-state index in [-0.39, 0.29) is 11.4 Å². The number of fused-ring (bicyclic) bond motifs is 4. The summed E-state index contributed by atoms with van der Waals surface area (Å²) in [4.78, 5) is 31.7. The van der Waals surface area contributed by atoms with Crippen LogP contribution in [0.4, 0.5) is 17.5 Å². The van der Waals surface area contributed by atoms with E-state index in [2.05, 4.69) is 67.0 Å². The molecule has 9 heteroatoms. The smallest absolute Gasteiger partial charge is 0.268 e. The first kappa shape index (κ1) is 23.0. The zero-order chi connectivity index (χ0) is 24.7. The summed E-state index contributed by atoms with van der Waals surface area (Å²) in [6, 6.07) is 6.59. The van der Waals surface area contributed by atoms with Gasteiger partial charge in [-0.25, -0.2) is 9.97 Å². The van der Waals surface area contributed by atoms with Crippen molar-refractivity contribution in [2.45, 2.75) is 51.1 Å². The van der Waals surface area contributed by atoms with Crippen LogP contribution in [-0.2, 0) is 5.54 Å². The largest absolute Gasteiger partial charge is 0.368 e. The molecule has 1 atom stereocenters. The molecule has 188 valence electrons. The number of pyridine rings is 1. The van der Waals surface area contributed by atoms with Gasteiger partial charge >= 0.3 is 0 Å². The Labute approximate surface area is 211 Å². The Kier molecular flexibility index (Phi) is 5.87. The standard InChI is InChI=1S/C27H34N8O/c1-19(2)33-11-13-34(14-12-33)21-7-8-23(28-17-21)31-26-29-16-20-15-22-25(36)30-18-27(35(22)24(20)32-26)9-5-3-4-6-10-27/h3,5,7-8,15-17,19H,4,6,9-14,18H2,1-2H3,(H,30,36)(H,28,29,31,32). The molecule has 0 saturated carbocycles. The van der Waals surface area contributed by atoms with Gasteiger partial charge < -0.3 is 20.1 Å². The Morgan fingerprint density at radius 2 is 1.94 bits per heavy atom. The molecular weight excluding hydrogens is 452 g/mol. The van der Waals surface area contributed by atoms with Crippen molar-refractivity contribution in [2.75, 3.05) is 42.9 Å². The second-order valence-corrected chi connectivity index (χ2v) is 10.5. The molecule has 5 heterocycles. The fraction of sp³-hybridized carbons (Fsp3) is 0.481. The van der Waals surface area contributed by atoms with Crippen molar-refractivity contribution < 1.29 is 4.79 Å². The summed E-state index contributed by atoms with van der Waals surface area (Å²) in [5.74, 6) is 1.14. The number of hydrogen-bond acceptors (Lipinski definition) is 7. The van der Waals surface area contributed by atoms with Crippen molar-refractivity contribution in [3.05, 3.63) is 48.4 Å². The maximum absolute atomic E-state index is 12.7. The number of amides is 1. The van der Waals surface area contributed by atoms with Gasteiger partial charge in [0, 0.05) is 50.3 Å². The predicted molar refractivity (Wildman–Crippen MR) is 142 cm³/mol. The lowest BCUT2D eigenvalue weighted by molar-refractivity contribution is 0.0867. The van der Waals surface area contributed by atoms with E-state index in [1.807, 2.05) is 18.3 Å². The van der Waals surface area contributed by atoms with E-state index < -0.39 is 0 Å². The van der Waals surface area contributed by atoms with Crippen molar-refractivity contribution in [3.63, 3.8) is 0 Å². The summed E-state index contributed by atoms with van der Waals surface area (Å²) >= 11 is 0. The summed E-state index contributed by atoms with van der Waals surface area (Å²) in [6.07, 6.45) is 12.2. The zero-order valence-electron chi connectivity index (χ0n) is 21.1. The van der Waals surface area contributed by atoms with Gasteiger partial charge in [0.05, 0.1) is 17.4 Å². The van der Waals surface area contributed by atoms with Crippen LogP contribution in [0.5, 0.6) is 0 Å². The lowest BCUT2D eigenvalue weighted by Crippen LogP contribution is -2.51. The van der Waals surface area contributed by atoms with Crippen LogP contribution in [0, 0.1) is 0 Å². The Morgan fingerprint density at radius 3 is 2.72 bits per heavy atom. The molecule has 0 radical (unpaired) electrons. The van der Waals surface area contributed by atoms with Crippen molar-refractivity contribution in [2.24, 2.45) is 0 Å². The molecule has 9 nitrogen and oxygen atoms in total.